The molecule has 1 aromatic heterocycles. The lowest BCUT2D eigenvalue weighted by Crippen LogP contribution is -2.19. The maximum absolute atomic E-state index is 13.9. The fraction of sp³-hybridized carbons (Fsp3) is 0.562. The highest BCUT2D eigenvalue weighted by Gasteiger charge is 2.25. The third-order valence-corrected chi connectivity index (χ3v) is 5.46. The van der Waals surface area contributed by atoms with Gasteiger partial charge >= 0.3 is 0 Å². The summed E-state index contributed by atoms with van der Waals surface area (Å²) in [7, 11) is 0. The zero-order valence-electron chi connectivity index (χ0n) is 12.3. The van der Waals surface area contributed by atoms with Gasteiger partial charge in [0.25, 0.3) is 0 Å². The maximum Gasteiger partial charge on any atom is 0.201 e. The van der Waals surface area contributed by atoms with Crippen LogP contribution in [0.25, 0.3) is 11.0 Å². The van der Waals surface area contributed by atoms with Crippen molar-refractivity contribution in [3.05, 3.63) is 21.5 Å². The predicted octanol–water partition coefficient (Wildman–Crippen LogP) is 4.89. The van der Waals surface area contributed by atoms with Gasteiger partial charge in [-0.3, -0.25) is 0 Å². The second-order valence-electron chi connectivity index (χ2n) is 6.06. The summed E-state index contributed by atoms with van der Waals surface area (Å²) in [6.45, 7) is 2.25. The number of rotatable bonds is 3. The van der Waals surface area contributed by atoms with Crippen LogP contribution < -0.4 is 5.73 Å². The summed E-state index contributed by atoms with van der Waals surface area (Å²) in [6.07, 6.45) is 7.30. The smallest absolute Gasteiger partial charge is 0.201 e. The van der Waals surface area contributed by atoms with Gasteiger partial charge in [-0.05, 0) is 60.3 Å². The first-order valence-electron chi connectivity index (χ1n) is 7.72. The second-order valence-corrected chi connectivity index (χ2v) is 7.22. The van der Waals surface area contributed by atoms with Gasteiger partial charge < -0.3 is 10.3 Å². The normalized spacial score (nSPS) is 22.8. The highest BCUT2D eigenvalue weighted by molar-refractivity contribution is 14.1. The summed E-state index contributed by atoms with van der Waals surface area (Å²) >= 11 is 1.99. The molecule has 0 aliphatic heterocycles. The van der Waals surface area contributed by atoms with E-state index in [4.69, 9.17) is 5.73 Å². The number of hydrogen-bond donors (Lipinski definition) is 1. The standard InChI is InChI=1S/C16H21FIN3/c1-2-3-10-4-6-11(7-5-10)21-15-8-12(17)13(18)9-14(15)20-16(21)19/h8-11H,2-7H2,1H3,(H2,19,20). The van der Waals surface area contributed by atoms with Crippen molar-refractivity contribution < 1.29 is 4.39 Å². The van der Waals surface area contributed by atoms with Crippen LogP contribution in [0, 0.1) is 15.3 Å². The van der Waals surface area contributed by atoms with Crippen molar-refractivity contribution in [1.82, 2.24) is 9.55 Å². The van der Waals surface area contributed by atoms with Crippen molar-refractivity contribution in [1.29, 1.82) is 0 Å². The van der Waals surface area contributed by atoms with E-state index in [1.54, 1.807) is 12.1 Å². The number of anilines is 1. The molecule has 1 heterocycles. The van der Waals surface area contributed by atoms with Crippen molar-refractivity contribution in [2.24, 2.45) is 5.92 Å². The number of imidazole rings is 1. The molecular formula is C16H21FIN3. The van der Waals surface area contributed by atoms with Gasteiger partial charge in [0.2, 0.25) is 5.95 Å². The molecule has 3 rings (SSSR count). The number of benzene rings is 1. The molecule has 0 saturated heterocycles. The van der Waals surface area contributed by atoms with E-state index in [0.717, 1.165) is 29.8 Å². The maximum atomic E-state index is 13.9. The second kappa shape index (κ2) is 6.10. The molecular weight excluding hydrogens is 380 g/mol. The van der Waals surface area contributed by atoms with E-state index >= 15 is 0 Å². The van der Waals surface area contributed by atoms with Crippen LogP contribution in [0.15, 0.2) is 12.1 Å². The minimum Gasteiger partial charge on any atom is -0.369 e. The van der Waals surface area contributed by atoms with Gasteiger partial charge in [-0.2, -0.15) is 0 Å². The number of fused-ring (bicyclic) bond motifs is 1. The molecule has 1 saturated carbocycles. The minimum absolute atomic E-state index is 0.191. The molecule has 1 aliphatic rings. The van der Waals surface area contributed by atoms with Crippen molar-refractivity contribution >= 4 is 39.6 Å². The molecule has 0 unspecified atom stereocenters. The van der Waals surface area contributed by atoms with Crippen molar-refractivity contribution in [3.8, 4) is 0 Å². The third kappa shape index (κ3) is 2.89. The summed E-state index contributed by atoms with van der Waals surface area (Å²) in [5, 5.41) is 0. The summed E-state index contributed by atoms with van der Waals surface area (Å²) in [5.41, 5.74) is 7.74. The molecule has 5 heteroatoms. The fourth-order valence-electron chi connectivity index (χ4n) is 3.59. The van der Waals surface area contributed by atoms with Gasteiger partial charge in [0.05, 0.1) is 14.6 Å². The first kappa shape index (κ1) is 15.1. The van der Waals surface area contributed by atoms with Crippen LogP contribution in [0.4, 0.5) is 10.3 Å². The molecule has 21 heavy (non-hydrogen) atoms. The monoisotopic (exact) mass is 401 g/mol. The lowest BCUT2D eigenvalue weighted by Gasteiger charge is -2.30. The number of halogens is 2. The summed E-state index contributed by atoms with van der Waals surface area (Å²) in [5.74, 6) is 1.18. The molecule has 0 atom stereocenters. The molecule has 0 spiro atoms. The highest BCUT2D eigenvalue weighted by atomic mass is 127. The molecule has 1 fully saturated rings. The molecule has 1 aromatic carbocycles. The molecule has 2 aromatic rings. The van der Waals surface area contributed by atoms with Gasteiger partial charge in [0, 0.05) is 12.1 Å². The van der Waals surface area contributed by atoms with Crippen molar-refractivity contribution in [2.45, 2.75) is 51.5 Å². The van der Waals surface area contributed by atoms with Crippen LogP contribution >= 0.6 is 22.6 Å². The van der Waals surface area contributed by atoms with E-state index in [9.17, 15) is 4.39 Å². The predicted molar refractivity (Wildman–Crippen MR) is 92.7 cm³/mol. The van der Waals surface area contributed by atoms with E-state index < -0.39 is 0 Å². The Labute approximate surface area is 138 Å². The van der Waals surface area contributed by atoms with Gasteiger partial charge in [-0.15, -0.1) is 0 Å². The topological polar surface area (TPSA) is 43.8 Å². The first-order chi connectivity index (χ1) is 10.1. The van der Waals surface area contributed by atoms with Gasteiger partial charge in [0.15, 0.2) is 0 Å². The van der Waals surface area contributed by atoms with E-state index in [2.05, 4.69) is 16.5 Å². The summed E-state index contributed by atoms with van der Waals surface area (Å²) in [6, 6.07) is 3.72. The lowest BCUT2D eigenvalue weighted by atomic mass is 9.83. The molecule has 0 radical (unpaired) electrons. The molecule has 114 valence electrons. The molecule has 0 amide bonds. The fourth-order valence-corrected chi connectivity index (χ4v) is 4.04. The number of nitrogens with zero attached hydrogens (tertiary/aromatic N) is 2. The zero-order valence-corrected chi connectivity index (χ0v) is 14.4. The van der Waals surface area contributed by atoms with Gasteiger partial charge in [-0.1, -0.05) is 19.8 Å². The molecule has 1 aliphatic carbocycles. The Hall–Kier alpha value is -0.850. The Morgan fingerprint density at radius 3 is 2.71 bits per heavy atom. The van der Waals surface area contributed by atoms with E-state index in [-0.39, 0.29) is 5.82 Å². The van der Waals surface area contributed by atoms with E-state index in [0.29, 0.717) is 15.6 Å². The van der Waals surface area contributed by atoms with Crippen LogP contribution in [0.1, 0.15) is 51.5 Å². The summed E-state index contributed by atoms with van der Waals surface area (Å²) < 4.78 is 16.5. The van der Waals surface area contributed by atoms with Gasteiger partial charge in [-0.25, -0.2) is 9.37 Å². The quantitative estimate of drug-likeness (QED) is 0.744. The van der Waals surface area contributed by atoms with Crippen LogP contribution in [0.2, 0.25) is 0 Å². The number of aromatic nitrogens is 2. The Bertz CT molecular complexity index is 644. The van der Waals surface area contributed by atoms with Crippen LogP contribution in [-0.2, 0) is 0 Å². The molecule has 0 bridgehead atoms. The number of hydrogen-bond acceptors (Lipinski definition) is 2. The molecule has 2 N–H and O–H groups in total. The lowest BCUT2D eigenvalue weighted by molar-refractivity contribution is 0.267. The highest BCUT2D eigenvalue weighted by Crippen LogP contribution is 2.37. The van der Waals surface area contributed by atoms with Gasteiger partial charge in [0.1, 0.15) is 5.82 Å². The van der Waals surface area contributed by atoms with E-state index in [1.165, 1.54) is 25.7 Å². The van der Waals surface area contributed by atoms with Crippen LogP contribution in [0.5, 0.6) is 0 Å². The SMILES string of the molecule is CCCC1CCC(n2c(N)nc3cc(I)c(F)cc32)CC1. The Morgan fingerprint density at radius 2 is 2.05 bits per heavy atom. The molecule has 3 nitrogen and oxygen atoms in total. The van der Waals surface area contributed by atoms with Crippen molar-refractivity contribution in [3.63, 3.8) is 0 Å². The average molecular weight is 401 g/mol. The Kier molecular flexibility index (Phi) is 4.38. The third-order valence-electron chi connectivity index (χ3n) is 4.64. The first-order valence-corrected chi connectivity index (χ1v) is 8.80. The largest absolute Gasteiger partial charge is 0.369 e. The number of nitrogen functional groups attached to an aromatic ring is 1. The Morgan fingerprint density at radius 1 is 1.33 bits per heavy atom. The van der Waals surface area contributed by atoms with E-state index in [1.807, 2.05) is 22.6 Å². The average Bonchev–Trinajstić information content (AvgIpc) is 2.76. The van der Waals surface area contributed by atoms with Crippen LogP contribution in [-0.4, -0.2) is 9.55 Å². The minimum atomic E-state index is -0.191. The summed E-state index contributed by atoms with van der Waals surface area (Å²) in [4.78, 5) is 4.41. The van der Waals surface area contributed by atoms with Crippen LogP contribution in [0.3, 0.4) is 0 Å². The zero-order chi connectivity index (χ0) is 15.0. The van der Waals surface area contributed by atoms with Crippen molar-refractivity contribution in [2.75, 3.05) is 5.73 Å². The Balaban J connectivity index is 1.90. The number of nitrogens with two attached hydrogens (primary N) is 1.